The van der Waals surface area contributed by atoms with E-state index in [2.05, 4.69) is 0 Å². The van der Waals surface area contributed by atoms with Crippen LogP contribution in [0.2, 0.25) is 0 Å². The molecule has 4 bridgehead atoms. The Balaban J connectivity index is 1.44. The van der Waals surface area contributed by atoms with Crippen molar-refractivity contribution >= 4 is 5.97 Å². The molecule has 0 saturated heterocycles. The summed E-state index contributed by atoms with van der Waals surface area (Å²) in [6.45, 7) is 4.23. The van der Waals surface area contributed by atoms with E-state index in [0.29, 0.717) is 18.4 Å². The first-order chi connectivity index (χ1) is 9.99. The van der Waals surface area contributed by atoms with Gasteiger partial charge in [-0.05, 0) is 75.0 Å². The summed E-state index contributed by atoms with van der Waals surface area (Å²) in [5, 5.41) is 11.2. The fraction of sp³-hybridized carbons (Fsp3) is 0.944. The summed E-state index contributed by atoms with van der Waals surface area (Å²) >= 11 is 0. The predicted octanol–water partition coefficient (Wildman–Crippen LogP) is 3.54. The van der Waals surface area contributed by atoms with E-state index in [4.69, 9.17) is 4.74 Å². The Hall–Kier alpha value is -0.570. The van der Waals surface area contributed by atoms with E-state index in [1.54, 1.807) is 0 Å². The minimum atomic E-state index is -0.407. The van der Waals surface area contributed by atoms with Gasteiger partial charge in [0.05, 0.1) is 18.1 Å². The van der Waals surface area contributed by atoms with Crippen molar-refractivity contribution in [2.24, 2.45) is 29.6 Å². The van der Waals surface area contributed by atoms with Gasteiger partial charge in [0, 0.05) is 0 Å². The van der Waals surface area contributed by atoms with Crippen molar-refractivity contribution in [1.29, 1.82) is 0 Å². The van der Waals surface area contributed by atoms with Gasteiger partial charge in [0.2, 0.25) is 0 Å². The van der Waals surface area contributed by atoms with Crippen LogP contribution < -0.4 is 0 Å². The van der Waals surface area contributed by atoms with Crippen LogP contribution in [0.3, 0.4) is 0 Å². The smallest absolute Gasteiger partial charge is 0.308 e. The van der Waals surface area contributed by atoms with Gasteiger partial charge in [0.1, 0.15) is 0 Å². The van der Waals surface area contributed by atoms with Crippen molar-refractivity contribution in [3.05, 3.63) is 0 Å². The van der Waals surface area contributed by atoms with Crippen LogP contribution in [0.4, 0.5) is 0 Å². The second kappa shape index (κ2) is 5.91. The van der Waals surface area contributed by atoms with Gasteiger partial charge in [-0.15, -0.1) is 0 Å². The summed E-state index contributed by atoms with van der Waals surface area (Å²) in [4.78, 5) is 11.4. The zero-order valence-corrected chi connectivity index (χ0v) is 13.5. The molecule has 0 aliphatic heterocycles. The number of carbonyl (C=O) groups excluding carboxylic acids is 1. The summed E-state index contributed by atoms with van der Waals surface area (Å²) < 4.78 is 5.22. The average molecular weight is 294 g/mol. The summed E-state index contributed by atoms with van der Waals surface area (Å²) in [5.74, 6) is 2.75. The second-order valence-electron chi connectivity index (χ2n) is 8.07. The highest BCUT2D eigenvalue weighted by molar-refractivity contribution is 5.71. The number of esters is 1. The number of rotatable bonds is 6. The molecule has 4 aliphatic carbocycles. The monoisotopic (exact) mass is 294 g/mol. The van der Waals surface area contributed by atoms with Crippen LogP contribution in [0.25, 0.3) is 0 Å². The maximum Gasteiger partial charge on any atom is 0.308 e. The van der Waals surface area contributed by atoms with Gasteiger partial charge in [-0.25, -0.2) is 0 Å². The Morgan fingerprint density at radius 1 is 1.10 bits per heavy atom. The van der Waals surface area contributed by atoms with Crippen LogP contribution in [0, 0.1) is 29.6 Å². The molecule has 0 unspecified atom stereocenters. The average Bonchev–Trinajstić information content (AvgIpc) is 2.43. The lowest BCUT2D eigenvalue weighted by Crippen LogP contribution is -2.57. The van der Waals surface area contributed by atoms with Gasteiger partial charge in [0.25, 0.3) is 0 Å². The third-order valence-corrected chi connectivity index (χ3v) is 6.24. The molecule has 0 amide bonds. The van der Waals surface area contributed by atoms with Crippen LogP contribution >= 0.6 is 0 Å². The molecule has 4 rings (SSSR count). The number of unbranched alkanes of at least 4 members (excludes halogenated alkanes) is 1. The molecule has 3 heteroatoms. The van der Waals surface area contributed by atoms with E-state index in [9.17, 15) is 9.90 Å². The third kappa shape index (κ3) is 2.99. The third-order valence-electron chi connectivity index (χ3n) is 6.24. The summed E-state index contributed by atoms with van der Waals surface area (Å²) in [6.07, 6.45) is 9.21. The maximum atomic E-state index is 11.4. The van der Waals surface area contributed by atoms with Crippen LogP contribution in [0.15, 0.2) is 0 Å². The van der Waals surface area contributed by atoms with Gasteiger partial charge < -0.3 is 9.84 Å². The van der Waals surface area contributed by atoms with Crippen LogP contribution in [0.1, 0.15) is 65.2 Å². The van der Waals surface area contributed by atoms with E-state index in [1.807, 2.05) is 13.8 Å². The Bertz CT molecular complexity index is 360. The number of hydrogen-bond donors (Lipinski definition) is 1. The number of aliphatic hydroxyl groups is 1. The predicted molar refractivity (Wildman–Crippen MR) is 81.6 cm³/mol. The van der Waals surface area contributed by atoms with E-state index < -0.39 is 5.60 Å². The zero-order valence-electron chi connectivity index (χ0n) is 13.5. The molecule has 3 nitrogen and oxygen atoms in total. The zero-order chi connectivity index (χ0) is 15.0. The molecule has 120 valence electrons. The molecule has 21 heavy (non-hydrogen) atoms. The SMILES string of the molecule is CC(C)C(=O)OCCCCC1(O)C2CC3CC(C2)CC1C3. The van der Waals surface area contributed by atoms with Crippen molar-refractivity contribution < 1.29 is 14.6 Å². The molecule has 4 saturated carbocycles. The molecule has 0 aromatic rings. The van der Waals surface area contributed by atoms with Crippen LogP contribution in [-0.2, 0) is 9.53 Å². The number of hydrogen-bond acceptors (Lipinski definition) is 3. The van der Waals surface area contributed by atoms with Gasteiger partial charge >= 0.3 is 5.97 Å². The Kier molecular flexibility index (Phi) is 4.31. The van der Waals surface area contributed by atoms with Crippen molar-refractivity contribution in [1.82, 2.24) is 0 Å². The van der Waals surface area contributed by atoms with E-state index >= 15 is 0 Å². The molecule has 0 spiro atoms. The molecule has 0 radical (unpaired) electrons. The number of ether oxygens (including phenoxy) is 1. The van der Waals surface area contributed by atoms with Crippen molar-refractivity contribution in [3.63, 3.8) is 0 Å². The molecular formula is C18H30O3. The highest BCUT2D eigenvalue weighted by Crippen LogP contribution is 2.59. The van der Waals surface area contributed by atoms with Crippen molar-refractivity contribution in [2.45, 2.75) is 70.8 Å². The summed E-state index contributed by atoms with van der Waals surface area (Å²) in [6, 6.07) is 0. The van der Waals surface area contributed by atoms with E-state index in [-0.39, 0.29) is 11.9 Å². The maximum absolute atomic E-state index is 11.4. The highest BCUT2D eigenvalue weighted by Gasteiger charge is 2.55. The molecule has 1 N–H and O–H groups in total. The summed E-state index contributed by atoms with van der Waals surface area (Å²) in [7, 11) is 0. The quantitative estimate of drug-likeness (QED) is 0.602. The Morgan fingerprint density at radius 2 is 1.67 bits per heavy atom. The highest BCUT2D eigenvalue weighted by atomic mass is 16.5. The lowest BCUT2D eigenvalue weighted by Gasteiger charge is -2.59. The topological polar surface area (TPSA) is 46.5 Å². The fourth-order valence-electron chi connectivity index (χ4n) is 5.26. The van der Waals surface area contributed by atoms with E-state index in [0.717, 1.165) is 31.1 Å². The second-order valence-corrected chi connectivity index (χ2v) is 8.07. The molecule has 4 aliphatic rings. The lowest BCUT2D eigenvalue weighted by atomic mass is 9.49. The van der Waals surface area contributed by atoms with Crippen molar-refractivity contribution in [2.75, 3.05) is 6.61 Å². The molecule has 4 fully saturated rings. The standard InChI is InChI=1S/C18H30O3/c1-12(2)17(19)21-6-4-3-5-18(20)15-8-13-7-14(10-15)11-16(18)9-13/h12-16,20H,3-11H2,1-2H3. The molecule has 0 atom stereocenters. The largest absolute Gasteiger partial charge is 0.465 e. The first kappa shape index (κ1) is 15.3. The first-order valence-electron chi connectivity index (χ1n) is 8.88. The fourth-order valence-corrected chi connectivity index (χ4v) is 5.26. The minimum Gasteiger partial charge on any atom is -0.465 e. The normalized spacial score (nSPS) is 40.8. The van der Waals surface area contributed by atoms with Crippen LogP contribution in [0.5, 0.6) is 0 Å². The Labute approximate surface area is 128 Å². The first-order valence-corrected chi connectivity index (χ1v) is 8.88. The molecule has 0 heterocycles. The lowest BCUT2D eigenvalue weighted by molar-refractivity contribution is -0.177. The minimum absolute atomic E-state index is 0.0430. The summed E-state index contributed by atoms with van der Waals surface area (Å²) in [5.41, 5.74) is -0.407. The number of carbonyl (C=O) groups is 1. The molecule has 0 aromatic heterocycles. The van der Waals surface area contributed by atoms with Gasteiger partial charge in [-0.2, -0.15) is 0 Å². The molecule has 0 aromatic carbocycles. The van der Waals surface area contributed by atoms with Gasteiger partial charge in [-0.1, -0.05) is 13.8 Å². The Morgan fingerprint density at radius 3 is 2.19 bits per heavy atom. The van der Waals surface area contributed by atoms with Crippen LogP contribution in [-0.4, -0.2) is 23.3 Å². The van der Waals surface area contributed by atoms with E-state index in [1.165, 1.54) is 32.1 Å². The van der Waals surface area contributed by atoms with Gasteiger partial charge in [0.15, 0.2) is 0 Å². The molecular weight excluding hydrogens is 264 g/mol. The van der Waals surface area contributed by atoms with Crippen molar-refractivity contribution in [3.8, 4) is 0 Å². The van der Waals surface area contributed by atoms with Gasteiger partial charge in [-0.3, -0.25) is 4.79 Å².